The maximum Gasteiger partial charge on any atom is 0.264 e. The van der Waals surface area contributed by atoms with E-state index in [1.165, 1.54) is 19.2 Å². The molecule has 32 heavy (non-hydrogen) atoms. The van der Waals surface area contributed by atoms with Crippen molar-refractivity contribution in [2.75, 3.05) is 31.6 Å². The van der Waals surface area contributed by atoms with E-state index in [2.05, 4.69) is 5.32 Å². The van der Waals surface area contributed by atoms with Crippen molar-refractivity contribution in [1.82, 2.24) is 5.32 Å². The van der Waals surface area contributed by atoms with Gasteiger partial charge >= 0.3 is 0 Å². The maximum absolute atomic E-state index is 13.3. The van der Waals surface area contributed by atoms with E-state index in [0.29, 0.717) is 24.4 Å². The summed E-state index contributed by atoms with van der Waals surface area (Å²) in [6, 6.07) is 22.2. The maximum atomic E-state index is 13.3. The number of carbonyl (C=O) groups is 1. The fraction of sp³-hybridized carbons (Fsp3) is 0.208. The van der Waals surface area contributed by atoms with Gasteiger partial charge in [-0.2, -0.15) is 0 Å². The number of nitrogens with zero attached hydrogens (tertiary/aromatic N) is 1. The lowest BCUT2D eigenvalue weighted by Gasteiger charge is -2.24. The standard InChI is InChI=1S/C24H26N2O5S/c1-30-21-13-11-19(12-14-21)15-16-25-24(27)18-26(20-7-6-8-22(17-20)31-2)32(28,29)23-9-4-3-5-10-23/h3-14,17H,15-16,18H2,1-2H3,(H,25,27). The first-order valence-electron chi connectivity index (χ1n) is 10.1. The second kappa shape index (κ2) is 10.7. The molecule has 3 aromatic carbocycles. The molecular weight excluding hydrogens is 428 g/mol. The van der Waals surface area contributed by atoms with Gasteiger partial charge in [-0.15, -0.1) is 0 Å². The lowest BCUT2D eigenvalue weighted by atomic mass is 10.1. The van der Waals surface area contributed by atoms with Crippen molar-refractivity contribution in [3.05, 3.63) is 84.4 Å². The zero-order valence-electron chi connectivity index (χ0n) is 18.0. The Morgan fingerprint density at radius 3 is 2.22 bits per heavy atom. The van der Waals surface area contributed by atoms with Gasteiger partial charge in [-0.25, -0.2) is 8.42 Å². The van der Waals surface area contributed by atoms with Gasteiger partial charge in [0.1, 0.15) is 18.0 Å². The Bertz CT molecular complexity index is 1130. The largest absolute Gasteiger partial charge is 0.497 e. The second-order valence-electron chi connectivity index (χ2n) is 6.97. The molecular formula is C24H26N2O5S. The molecule has 0 unspecified atom stereocenters. The van der Waals surface area contributed by atoms with Gasteiger partial charge in [-0.05, 0) is 48.4 Å². The number of amides is 1. The van der Waals surface area contributed by atoms with Gasteiger partial charge in [-0.3, -0.25) is 9.10 Å². The van der Waals surface area contributed by atoms with Crippen LogP contribution in [0.4, 0.5) is 5.69 Å². The molecule has 8 heteroatoms. The van der Waals surface area contributed by atoms with Crippen LogP contribution in [0.2, 0.25) is 0 Å². The van der Waals surface area contributed by atoms with Crippen molar-refractivity contribution in [1.29, 1.82) is 0 Å². The molecule has 1 amide bonds. The molecule has 0 aliphatic heterocycles. The van der Waals surface area contributed by atoms with Crippen LogP contribution < -0.4 is 19.1 Å². The Hall–Kier alpha value is -3.52. The molecule has 0 heterocycles. The second-order valence-corrected chi connectivity index (χ2v) is 8.84. The average Bonchev–Trinajstić information content (AvgIpc) is 2.83. The fourth-order valence-electron chi connectivity index (χ4n) is 3.13. The van der Waals surface area contributed by atoms with Crippen molar-refractivity contribution in [2.45, 2.75) is 11.3 Å². The Kier molecular flexibility index (Phi) is 7.72. The van der Waals surface area contributed by atoms with E-state index in [1.54, 1.807) is 49.6 Å². The van der Waals surface area contributed by atoms with E-state index in [0.717, 1.165) is 15.6 Å². The normalized spacial score (nSPS) is 10.9. The van der Waals surface area contributed by atoms with Crippen LogP contribution in [0.15, 0.2) is 83.8 Å². The molecule has 0 saturated carbocycles. The van der Waals surface area contributed by atoms with E-state index in [4.69, 9.17) is 9.47 Å². The van der Waals surface area contributed by atoms with Gasteiger partial charge in [0.2, 0.25) is 5.91 Å². The Morgan fingerprint density at radius 1 is 0.875 bits per heavy atom. The average molecular weight is 455 g/mol. The summed E-state index contributed by atoms with van der Waals surface area (Å²) < 4.78 is 38.1. The van der Waals surface area contributed by atoms with Gasteiger partial charge in [0, 0.05) is 12.6 Å². The van der Waals surface area contributed by atoms with Crippen LogP contribution in [0.25, 0.3) is 0 Å². The SMILES string of the molecule is COc1ccc(CCNC(=O)CN(c2cccc(OC)c2)S(=O)(=O)c2ccccc2)cc1. The van der Waals surface area contributed by atoms with E-state index in [-0.39, 0.29) is 11.4 Å². The van der Waals surface area contributed by atoms with Gasteiger partial charge < -0.3 is 14.8 Å². The number of rotatable bonds is 10. The van der Waals surface area contributed by atoms with E-state index in [1.807, 2.05) is 24.3 Å². The van der Waals surface area contributed by atoms with Crippen molar-refractivity contribution in [3.8, 4) is 11.5 Å². The van der Waals surface area contributed by atoms with E-state index < -0.39 is 15.9 Å². The highest BCUT2D eigenvalue weighted by atomic mass is 32.2. The lowest BCUT2D eigenvalue weighted by Crippen LogP contribution is -2.41. The summed E-state index contributed by atoms with van der Waals surface area (Å²) in [4.78, 5) is 12.8. The highest BCUT2D eigenvalue weighted by molar-refractivity contribution is 7.92. The molecule has 0 aliphatic rings. The molecule has 0 atom stereocenters. The molecule has 0 spiro atoms. The molecule has 0 fully saturated rings. The van der Waals surface area contributed by atoms with Gasteiger partial charge in [0.15, 0.2) is 0 Å². The van der Waals surface area contributed by atoms with Gasteiger partial charge in [0.05, 0.1) is 24.8 Å². The first-order chi connectivity index (χ1) is 15.4. The minimum Gasteiger partial charge on any atom is -0.497 e. The van der Waals surface area contributed by atoms with Crippen LogP contribution in [0.1, 0.15) is 5.56 Å². The first-order valence-corrected chi connectivity index (χ1v) is 11.5. The molecule has 7 nitrogen and oxygen atoms in total. The highest BCUT2D eigenvalue weighted by Gasteiger charge is 2.27. The number of hydrogen-bond acceptors (Lipinski definition) is 5. The third-order valence-electron chi connectivity index (χ3n) is 4.85. The quantitative estimate of drug-likeness (QED) is 0.508. The minimum absolute atomic E-state index is 0.105. The zero-order valence-corrected chi connectivity index (χ0v) is 18.8. The number of hydrogen-bond donors (Lipinski definition) is 1. The molecule has 1 N–H and O–H groups in total. The van der Waals surface area contributed by atoms with Crippen molar-refractivity contribution in [2.24, 2.45) is 0 Å². The number of benzene rings is 3. The Balaban J connectivity index is 1.75. The number of methoxy groups -OCH3 is 2. The smallest absolute Gasteiger partial charge is 0.264 e. The van der Waals surface area contributed by atoms with Gasteiger partial charge in [0.25, 0.3) is 10.0 Å². The first kappa shape index (κ1) is 23.1. The summed E-state index contributed by atoms with van der Waals surface area (Å²) in [5.41, 5.74) is 1.38. The minimum atomic E-state index is -3.96. The summed E-state index contributed by atoms with van der Waals surface area (Å²) in [5.74, 6) is 0.856. The van der Waals surface area contributed by atoms with Crippen LogP contribution in [-0.4, -0.2) is 41.6 Å². The van der Waals surface area contributed by atoms with Crippen molar-refractivity contribution >= 4 is 21.6 Å². The van der Waals surface area contributed by atoms with Crippen LogP contribution in [-0.2, 0) is 21.2 Å². The summed E-state index contributed by atoms with van der Waals surface area (Å²) in [6.07, 6.45) is 0.611. The predicted molar refractivity (Wildman–Crippen MR) is 124 cm³/mol. The molecule has 168 valence electrons. The number of ether oxygens (including phenoxy) is 2. The molecule has 0 radical (unpaired) electrons. The summed E-state index contributed by atoms with van der Waals surface area (Å²) in [6.45, 7) is 0.0233. The van der Waals surface area contributed by atoms with Crippen LogP contribution in [0.3, 0.4) is 0 Å². The van der Waals surface area contributed by atoms with Crippen LogP contribution in [0, 0.1) is 0 Å². The summed E-state index contributed by atoms with van der Waals surface area (Å²) in [7, 11) is -0.851. The monoisotopic (exact) mass is 454 g/mol. The Morgan fingerprint density at radius 2 is 1.56 bits per heavy atom. The third kappa shape index (κ3) is 5.79. The van der Waals surface area contributed by atoms with Crippen LogP contribution >= 0.6 is 0 Å². The molecule has 3 rings (SSSR count). The van der Waals surface area contributed by atoms with Crippen molar-refractivity contribution < 1.29 is 22.7 Å². The lowest BCUT2D eigenvalue weighted by molar-refractivity contribution is -0.119. The number of nitrogens with one attached hydrogen (secondary N) is 1. The highest BCUT2D eigenvalue weighted by Crippen LogP contribution is 2.26. The van der Waals surface area contributed by atoms with Crippen LogP contribution in [0.5, 0.6) is 11.5 Å². The number of sulfonamides is 1. The molecule has 0 bridgehead atoms. The Labute approximate surface area is 188 Å². The summed E-state index contributed by atoms with van der Waals surface area (Å²) in [5, 5.41) is 2.80. The molecule has 0 aliphatic carbocycles. The van der Waals surface area contributed by atoms with E-state index in [9.17, 15) is 13.2 Å². The number of carbonyl (C=O) groups excluding carboxylic acids is 1. The fourth-order valence-corrected chi connectivity index (χ4v) is 4.56. The topological polar surface area (TPSA) is 84.9 Å². The van der Waals surface area contributed by atoms with Gasteiger partial charge in [-0.1, -0.05) is 36.4 Å². The zero-order chi connectivity index (χ0) is 23.0. The summed E-state index contributed by atoms with van der Waals surface area (Å²) >= 11 is 0. The molecule has 3 aromatic rings. The third-order valence-corrected chi connectivity index (χ3v) is 6.64. The predicted octanol–water partition coefficient (Wildman–Crippen LogP) is 3.26. The van der Waals surface area contributed by atoms with E-state index >= 15 is 0 Å². The molecule has 0 saturated heterocycles. The molecule has 0 aromatic heterocycles. The number of anilines is 1. The van der Waals surface area contributed by atoms with Crippen molar-refractivity contribution in [3.63, 3.8) is 0 Å².